The van der Waals surface area contributed by atoms with Crippen molar-refractivity contribution in [1.29, 1.82) is 0 Å². The van der Waals surface area contributed by atoms with Crippen molar-refractivity contribution in [1.82, 2.24) is 0 Å². The molecule has 0 saturated heterocycles. The van der Waals surface area contributed by atoms with E-state index in [0.717, 1.165) is 56.1 Å². The zero-order valence-electron chi connectivity index (χ0n) is 24.9. The Bertz CT molecular complexity index is 1380. The smallest absolute Gasteiger partial charge is 0.220 e. The Hall–Kier alpha value is -1.95. The first-order valence-corrected chi connectivity index (χ1v) is 16.8. The first-order chi connectivity index (χ1) is 17.9. The SMILES string of the molecule is CC1=C(O)C(=O)C=C2C1=CC=C1[C@@]2(C)CC[C@@]2(C)[C@@H]3C[C@](C)(C(=O)CCCS(C)(=O)=O)CC[C@]3(C)CC[C@]12C. The van der Waals surface area contributed by atoms with E-state index in [2.05, 4.69) is 46.8 Å². The zero-order valence-corrected chi connectivity index (χ0v) is 25.7. The molecule has 3 saturated carbocycles. The van der Waals surface area contributed by atoms with Crippen molar-refractivity contribution < 1.29 is 23.1 Å². The van der Waals surface area contributed by atoms with Gasteiger partial charge in [0.25, 0.3) is 0 Å². The van der Waals surface area contributed by atoms with Crippen molar-refractivity contribution >= 4 is 21.4 Å². The number of carbonyl (C=O) groups excluding carboxylic acids is 2. The maximum absolute atomic E-state index is 13.6. The summed E-state index contributed by atoms with van der Waals surface area (Å²) in [6, 6.07) is 0. The molecule has 5 nitrogen and oxygen atoms in total. The van der Waals surface area contributed by atoms with Crippen LogP contribution >= 0.6 is 0 Å². The van der Waals surface area contributed by atoms with Gasteiger partial charge in [0.2, 0.25) is 5.78 Å². The Morgan fingerprint density at radius 3 is 2.33 bits per heavy atom. The van der Waals surface area contributed by atoms with Crippen LogP contribution in [0.5, 0.6) is 0 Å². The number of ketones is 2. The Balaban J connectivity index is 1.51. The second kappa shape index (κ2) is 8.77. The van der Waals surface area contributed by atoms with Gasteiger partial charge >= 0.3 is 0 Å². The number of rotatable bonds is 5. The molecule has 0 bridgehead atoms. The molecule has 0 aromatic rings. The molecular formula is C33H46O5S. The molecule has 0 radical (unpaired) electrons. The van der Waals surface area contributed by atoms with E-state index < -0.39 is 15.3 Å². The van der Waals surface area contributed by atoms with Crippen molar-refractivity contribution in [2.75, 3.05) is 12.0 Å². The summed E-state index contributed by atoms with van der Waals surface area (Å²) in [5, 5.41) is 10.4. The summed E-state index contributed by atoms with van der Waals surface area (Å²) in [5.41, 5.74) is 3.51. The summed E-state index contributed by atoms with van der Waals surface area (Å²) in [5.74, 6) is 0.230. The van der Waals surface area contributed by atoms with Gasteiger partial charge in [0.05, 0.1) is 5.75 Å². The van der Waals surface area contributed by atoms with Gasteiger partial charge in [-0.25, -0.2) is 8.42 Å². The number of allylic oxidation sites excluding steroid dienone is 7. The van der Waals surface area contributed by atoms with Crippen molar-refractivity contribution in [3.8, 4) is 0 Å². The maximum Gasteiger partial charge on any atom is 0.220 e. The largest absolute Gasteiger partial charge is 0.504 e. The van der Waals surface area contributed by atoms with Crippen LogP contribution in [0.25, 0.3) is 0 Å². The Labute approximate surface area is 234 Å². The van der Waals surface area contributed by atoms with Crippen LogP contribution in [0.4, 0.5) is 0 Å². The molecule has 0 aromatic heterocycles. The van der Waals surface area contributed by atoms with E-state index in [0.29, 0.717) is 24.3 Å². The summed E-state index contributed by atoms with van der Waals surface area (Å²) in [4.78, 5) is 26.3. The number of hydrogen-bond acceptors (Lipinski definition) is 5. The van der Waals surface area contributed by atoms with E-state index in [9.17, 15) is 23.1 Å². The minimum atomic E-state index is -3.07. The molecule has 6 heteroatoms. The molecular weight excluding hydrogens is 508 g/mol. The number of Topliss-reactive ketones (excluding diaryl/α,β-unsaturated/α-hetero) is 1. The van der Waals surface area contributed by atoms with Gasteiger partial charge in [0.15, 0.2) is 5.76 Å². The number of hydrogen-bond donors (Lipinski definition) is 1. The second-order valence-electron chi connectivity index (χ2n) is 14.8. The zero-order chi connectivity index (χ0) is 28.8. The number of aliphatic hydroxyl groups excluding tert-OH is 1. The molecule has 5 aliphatic carbocycles. The molecule has 1 N–H and O–H groups in total. The lowest BCUT2D eigenvalue weighted by Crippen LogP contribution is -2.62. The predicted octanol–water partition coefficient (Wildman–Crippen LogP) is 7.01. The van der Waals surface area contributed by atoms with Gasteiger partial charge in [0.1, 0.15) is 15.6 Å². The van der Waals surface area contributed by atoms with Crippen LogP contribution in [0, 0.1) is 33.0 Å². The third-order valence-electron chi connectivity index (χ3n) is 12.5. The molecule has 5 aliphatic rings. The highest BCUT2D eigenvalue weighted by Gasteiger charge is 2.67. The normalized spacial score (nSPS) is 41.9. The number of fused-ring (bicyclic) bond motifs is 7. The number of sulfone groups is 1. The fourth-order valence-corrected chi connectivity index (χ4v) is 10.2. The fourth-order valence-electron chi connectivity index (χ4n) is 9.51. The van der Waals surface area contributed by atoms with E-state index in [4.69, 9.17) is 0 Å². The first-order valence-electron chi connectivity index (χ1n) is 14.7. The summed E-state index contributed by atoms with van der Waals surface area (Å²) >= 11 is 0. The van der Waals surface area contributed by atoms with E-state index >= 15 is 0 Å². The van der Waals surface area contributed by atoms with Gasteiger partial charge in [0, 0.05) is 29.1 Å². The van der Waals surface area contributed by atoms with Gasteiger partial charge in [-0.1, -0.05) is 52.3 Å². The number of carbonyl (C=O) groups is 2. The Kier molecular flexibility index (Phi) is 6.43. The van der Waals surface area contributed by atoms with E-state index in [1.165, 1.54) is 11.8 Å². The summed E-state index contributed by atoms with van der Waals surface area (Å²) in [7, 11) is -3.07. The van der Waals surface area contributed by atoms with E-state index in [-0.39, 0.29) is 44.7 Å². The summed E-state index contributed by atoms with van der Waals surface area (Å²) < 4.78 is 23.3. The lowest BCUT2D eigenvalue weighted by atomic mass is 9.34. The van der Waals surface area contributed by atoms with Crippen LogP contribution in [0.2, 0.25) is 0 Å². The standard InChI is InChI=1S/C33H46O5S/c1-21-22-10-11-25-31(4,23(22)19-24(34)28(21)36)15-17-33(6)26-20-30(3,27(35)9-8-18-39(7,37)38)13-12-29(26,2)14-16-32(25,33)5/h10-11,19,26,36H,8-9,12-18,20H2,1-7H3/t26-,29-,30-,31+,32-,33+/m1/s1. The third-order valence-corrected chi connectivity index (χ3v) is 13.5. The van der Waals surface area contributed by atoms with E-state index in [1.807, 2.05) is 6.92 Å². The molecule has 6 atom stereocenters. The topological polar surface area (TPSA) is 88.5 Å². The summed E-state index contributed by atoms with van der Waals surface area (Å²) in [6.07, 6.45) is 15.0. The average molecular weight is 555 g/mol. The Morgan fingerprint density at radius 1 is 1.00 bits per heavy atom. The molecule has 0 aromatic carbocycles. The van der Waals surface area contributed by atoms with Gasteiger partial charge < -0.3 is 5.11 Å². The average Bonchev–Trinajstić information content (AvgIpc) is 2.85. The molecule has 39 heavy (non-hydrogen) atoms. The van der Waals surface area contributed by atoms with Gasteiger partial charge in [-0.15, -0.1) is 0 Å². The van der Waals surface area contributed by atoms with Crippen LogP contribution in [0.1, 0.15) is 99.3 Å². The summed E-state index contributed by atoms with van der Waals surface area (Å²) in [6.45, 7) is 13.6. The van der Waals surface area contributed by atoms with Crippen molar-refractivity contribution in [3.63, 3.8) is 0 Å². The van der Waals surface area contributed by atoms with Gasteiger partial charge in [-0.2, -0.15) is 0 Å². The lowest BCUT2D eigenvalue weighted by molar-refractivity contribution is -0.168. The molecule has 0 heterocycles. The second-order valence-corrected chi connectivity index (χ2v) is 17.0. The van der Waals surface area contributed by atoms with Crippen LogP contribution in [-0.4, -0.2) is 37.1 Å². The molecule has 0 spiro atoms. The maximum atomic E-state index is 13.6. The molecule has 0 amide bonds. The van der Waals surface area contributed by atoms with Gasteiger partial charge in [-0.3, -0.25) is 9.59 Å². The molecule has 5 rings (SSSR count). The lowest BCUT2D eigenvalue weighted by Gasteiger charge is -2.70. The fraction of sp³-hybridized carbons (Fsp3) is 0.697. The molecule has 3 fully saturated rings. The third kappa shape index (κ3) is 4.09. The van der Waals surface area contributed by atoms with Crippen molar-refractivity contribution in [2.24, 2.45) is 33.0 Å². The number of aliphatic hydroxyl groups is 1. The van der Waals surface area contributed by atoms with Gasteiger partial charge in [-0.05, 0) is 97.7 Å². The molecule has 0 unspecified atom stereocenters. The van der Waals surface area contributed by atoms with Crippen LogP contribution in [0.3, 0.4) is 0 Å². The van der Waals surface area contributed by atoms with E-state index in [1.54, 1.807) is 6.08 Å². The van der Waals surface area contributed by atoms with Crippen LogP contribution < -0.4 is 0 Å². The first kappa shape index (κ1) is 28.6. The molecule has 214 valence electrons. The van der Waals surface area contributed by atoms with Crippen LogP contribution in [0.15, 0.2) is 46.3 Å². The predicted molar refractivity (Wildman–Crippen MR) is 155 cm³/mol. The van der Waals surface area contributed by atoms with Crippen molar-refractivity contribution in [2.45, 2.75) is 99.3 Å². The molecule has 0 aliphatic heterocycles. The van der Waals surface area contributed by atoms with Crippen LogP contribution in [-0.2, 0) is 19.4 Å². The monoisotopic (exact) mass is 554 g/mol. The van der Waals surface area contributed by atoms with Crippen molar-refractivity contribution in [3.05, 3.63) is 46.3 Å². The minimum Gasteiger partial charge on any atom is -0.504 e. The Morgan fingerprint density at radius 2 is 1.67 bits per heavy atom. The highest BCUT2D eigenvalue weighted by molar-refractivity contribution is 7.90. The quantitative estimate of drug-likeness (QED) is 0.395. The highest BCUT2D eigenvalue weighted by Crippen LogP contribution is 2.75. The highest BCUT2D eigenvalue weighted by atomic mass is 32.2. The minimum absolute atomic E-state index is 0.00232.